The second-order valence-electron chi connectivity index (χ2n) is 12.5. The molecule has 2 atom stereocenters. The predicted molar refractivity (Wildman–Crippen MR) is 172 cm³/mol. The summed E-state index contributed by atoms with van der Waals surface area (Å²) in [4.78, 5) is 20.5. The number of carboxylic acid groups (broad SMARTS) is 2. The van der Waals surface area contributed by atoms with Gasteiger partial charge in [-0.2, -0.15) is 0 Å². The van der Waals surface area contributed by atoms with Gasteiger partial charge >= 0.3 is 27.3 Å². The maximum atomic E-state index is 10.3. The number of rotatable bonds is 32. The van der Waals surface area contributed by atoms with Gasteiger partial charge in [0, 0.05) is 11.9 Å². The van der Waals surface area contributed by atoms with Crippen LogP contribution in [0.25, 0.3) is 0 Å². The van der Waals surface area contributed by atoms with Crippen LogP contribution in [0.15, 0.2) is 0 Å². The van der Waals surface area contributed by atoms with Crippen LogP contribution in [0.3, 0.4) is 0 Å². The van der Waals surface area contributed by atoms with Crippen LogP contribution < -0.4 is 10.2 Å². The van der Waals surface area contributed by atoms with E-state index in [1.807, 2.05) is 0 Å². The van der Waals surface area contributed by atoms with Crippen LogP contribution >= 0.6 is 0 Å². The Morgan fingerprint density at radius 2 is 0.628 bits per heavy atom. The normalized spacial score (nSPS) is 12.2. The standard InChI is InChI=1S/2C18H36O3.Cd/c2*1-2-3-4-5-6-7-8-9-10-11-12-13-14-17(19)15-16-18(20)21;/h2*17,19H,2-16H2,1H3,(H,20,21);/q;;+2/p-2. The van der Waals surface area contributed by atoms with Gasteiger partial charge in [-0.15, -0.1) is 0 Å². The smallest absolute Gasteiger partial charge is 0.550 e. The topological polar surface area (TPSA) is 121 Å². The van der Waals surface area contributed by atoms with E-state index >= 15 is 0 Å². The molecule has 0 bridgehead atoms. The summed E-state index contributed by atoms with van der Waals surface area (Å²) < 4.78 is 0. The molecule has 0 heterocycles. The largest absolute Gasteiger partial charge is 2.00 e. The molecular weight excluding hydrogens is 641 g/mol. The molecule has 2 N–H and O–H groups in total. The molecule has 0 aliphatic carbocycles. The minimum Gasteiger partial charge on any atom is -0.550 e. The van der Waals surface area contributed by atoms with Gasteiger partial charge in [-0.1, -0.05) is 168 Å². The summed E-state index contributed by atoms with van der Waals surface area (Å²) >= 11 is 0. The monoisotopic (exact) mass is 712 g/mol. The molecule has 252 valence electrons. The van der Waals surface area contributed by atoms with Crippen molar-refractivity contribution in [2.24, 2.45) is 0 Å². The van der Waals surface area contributed by atoms with Crippen LogP contribution in [0.1, 0.15) is 206 Å². The SMILES string of the molecule is CCCCCCCCCCCCCCC(O)CCC(=O)[O-].CCCCCCCCCCCCCCC(O)CCC(=O)[O-].[Cd+2]. The van der Waals surface area contributed by atoms with Crippen molar-refractivity contribution in [1.82, 2.24) is 0 Å². The number of carbonyl (C=O) groups excluding carboxylic acids is 2. The summed E-state index contributed by atoms with van der Waals surface area (Å²) in [5, 5.41) is 39.6. The van der Waals surface area contributed by atoms with Crippen molar-refractivity contribution in [2.75, 3.05) is 0 Å². The summed E-state index contributed by atoms with van der Waals surface area (Å²) in [5.41, 5.74) is 0. The van der Waals surface area contributed by atoms with E-state index in [1.165, 1.54) is 128 Å². The molecule has 0 aliphatic rings. The average molecular weight is 711 g/mol. The Labute approximate surface area is 286 Å². The van der Waals surface area contributed by atoms with Gasteiger partial charge in [-0.3, -0.25) is 0 Å². The summed E-state index contributed by atoms with van der Waals surface area (Å²) in [6, 6.07) is 0. The molecule has 0 aliphatic heterocycles. The van der Waals surface area contributed by atoms with Crippen LogP contribution in [0.5, 0.6) is 0 Å². The molecule has 6 nitrogen and oxygen atoms in total. The van der Waals surface area contributed by atoms with Gasteiger partial charge in [0.2, 0.25) is 0 Å². The Balaban J connectivity index is -0.000000727. The molecule has 0 saturated heterocycles. The Morgan fingerprint density at radius 3 is 0.837 bits per heavy atom. The fourth-order valence-electron chi connectivity index (χ4n) is 5.30. The zero-order valence-corrected chi connectivity index (χ0v) is 32.6. The number of aliphatic hydroxyl groups excluding tert-OH is 2. The van der Waals surface area contributed by atoms with E-state index in [4.69, 9.17) is 0 Å². The Kier molecular flexibility index (Phi) is 43.7. The molecule has 2 unspecified atom stereocenters. The van der Waals surface area contributed by atoms with Crippen LogP contribution in [0.2, 0.25) is 0 Å². The van der Waals surface area contributed by atoms with Gasteiger partial charge in [-0.05, 0) is 38.5 Å². The first-order valence-electron chi connectivity index (χ1n) is 18.1. The van der Waals surface area contributed by atoms with E-state index in [1.54, 1.807) is 0 Å². The first-order chi connectivity index (χ1) is 20.3. The molecule has 7 heteroatoms. The number of aliphatic hydroxyl groups is 2. The maximum Gasteiger partial charge on any atom is 2.00 e. The van der Waals surface area contributed by atoms with E-state index < -0.39 is 24.1 Å². The second kappa shape index (κ2) is 39.8. The van der Waals surface area contributed by atoms with Crippen LogP contribution in [0.4, 0.5) is 0 Å². The molecule has 0 rings (SSSR count). The number of aliphatic carboxylic acids is 2. The zero-order valence-electron chi connectivity index (χ0n) is 28.6. The fourth-order valence-corrected chi connectivity index (χ4v) is 5.30. The summed E-state index contributed by atoms with van der Waals surface area (Å²) in [6.07, 6.45) is 32.5. The number of hydrogen-bond acceptors (Lipinski definition) is 6. The minimum atomic E-state index is -1.07. The molecule has 0 aromatic carbocycles. The van der Waals surface area contributed by atoms with Gasteiger partial charge in [0.05, 0.1) is 12.2 Å². The third-order valence-electron chi connectivity index (χ3n) is 8.15. The Bertz CT molecular complexity index is 512. The predicted octanol–water partition coefficient (Wildman–Crippen LogP) is 7.93. The third kappa shape index (κ3) is 46.3. The molecular formula is C36H70CdO6. The number of carboxylic acids is 2. The van der Waals surface area contributed by atoms with Crippen molar-refractivity contribution in [1.29, 1.82) is 0 Å². The number of carbonyl (C=O) groups is 2. The first-order valence-corrected chi connectivity index (χ1v) is 18.1. The minimum absolute atomic E-state index is 0. The molecule has 0 aromatic rings. The summed E-state index contributed by atoms with van der Waals surface area (Å²) in [6.45, 7) is 4.50. The van der Waals surface area contributed by atoms with Gasteiger partial charge in [-0.25, -0.2) is 0 Å². The maximum absolute atomic E-state index is 10.3. The van der Waals surface area contributed by atoms with Crippen molar-refractivity contribution in [3.05, 3.63) is 0 Å². The number of hydrogen-bond donors (Lipinski definition) is 2. The van der Waals surface area contributed by atoms with E-state index in [9.17, 15) is 30.0 Å². The summed E-state index contributed by atoms with van der Waals surface area (Å²) in [5.74, 6) is -2.13. The van der Waals surface area contributed by atoms with Crippen molar-refractivity contribution >= 4 is 11.9 Å². The average Bonchev–Trinajstić information content (AvgIpc) is 2.96. The van der Waals surface area contributed by atoms with Gasteiger partial charge in [0.25, 0.3) is 0 Å². The second-order valence-corrected chi connectivity index (χ2v) is 12.5. The molecule has 0 radical (unpaired) electrons. The Hall–Kier alpha value is -0.218. The molecule has 43 heavy (non-hydrogen) atoms. The first kappa shape index (κ1) is 47.2. The zero-order chi connectivity index (χ0) is 31.5. The van der Waals surface area contributed by atoms with E-state index in [0.717, 1.165) is 38.5 Å². The van der Waals surface area contributed by atoms with Crippen molar-refractivity contribution in [3.63, 3.8) is 0 Å². The van der Waals surface area contributed by atoms with Crippen LogP contribution in [-0.2, 0) is 36.9 Å². The fraction of sp³-hybridized carbons (Fsp3) is 0.944. The Morgan fingerprint density at radius 1 is 0.419 bits per heavy atom. The van der Waals surface area contributed by atoms with Crippen molar-refractivity contribution in [3.8, 4) is 0 Å². The van der Waals surface area contributed by atoms with Gasteiger partial charge < -0.3 is 30.0 Å². The van der Waals surface area contributed by atoms with Crippen LogP contribution in [0, 0.1) is 0 Å². The van der Waals surface area contributed by atoms with E-state index in [-0.39, 0.29) is 40.1 Å². The molecule has 0 fully saturated rings. The van der Waals surface area contributed by atoms with Crippen molar-refractivity contribution in [2.45, 2.75) is 219 Å². The summed E-state index contributed by atoms with van der Waals surface area (Å²) in [7, 11) is 0. The van der Waals surface area contributed by atoms with Crippen LogP contribution in [-0.4, -0.2) is 34.4 Å². The van der Waals surface area contributed by atoms with Crippen molar-refractivity contribution < 1.29 is 57.3 Å². The third-order valence-corrected chi connectivity index (χ3v) is 8.15. The quantitative estimate of drug-likeness (QED) is 0.0540. The van der Waals surface area contributed by atoms with E-state index in [0.29, 0.717) is 12.8 Å². The van der Waals surface area contributed by atoms with Gasteiger partial charge in [0.1, 0.15) is 0 Å². The van der Waals surface area contributed by atoms with E-state index in [2.05, 4.69) is 13.8 Å². The molecule has 0 amide bonds. The number of unbranched alkanes of at least 4 members (excludes halogenated alkanes) is 22. The van der Waals surface area contributed by atoms with Gasteiger partial charge in [0.15, 0.2) is 0 Å². The molecule has 0 spiro atoms. The molecule has 0 aromatic heterocycles. The molecule has 0 saturated carbocycles.